The number of piperidine rings is 3. The van der Waals surface area contributed by atoms with Crippen LogP contribution >= 0.6 is 11.6 Å². The number of benzene rings is 2. The zero-order valence-electron chi connectivity index (χ0n) is 24.1. The van der Waals surface area contributed by atoms with E-state index in [1.807, 2.05) is 48.5 Å². The van der Waals surface area contributed by atoms with Gasteiger partial charge < -0.3 is 18.9 Å². The Morgan fingerprint density at radius 2 is 1.78 bits per heavy atom. The lowest BCUT2D eigenvalue weighted by atomic mass is 9.69. The largest absolute Gasteiger partial charge is 0.497 e. The maximum Gasteiger partial charge on any atom is 0.305 e. The fourth-order valence-corrected chi connectivity index (χ4v) is 7.96. The molecule has 1 amide bonds. The molecular weight excluding hydrogens is 538 g/mol. The van der Waals surface area contributed by atoms with E-state index >= 15 is 0 Å². The molecule has 3 aliphatic heterocycles. The molecule has 3 fully saturated rings. The first-order valence-electron chi connectivity index (χ1n) is 15.0. The third kappa shape index (κ3) is 5.59. The Kier molecular flexibility index (Phi) is 8.27. The van der Waals surface area contributed by atoms with Gasteiger partial charge in [-0.1, -0.05) is 29.8 Å². The summed E-state index contributed by atoms with van der Waals surface area (Å²) in [7, 11) is 3.11. The second-order valence-electron chi connectivity index (χ2n) is 11.9. The summed E-state index contributed by atoms with van der Waals surface area (Å²) in [6, 6.07) is 16.5. The van der Waals surface area contributed by atoms with Crippen molar-refractivity contribution in [3.8, 4) is 5.75 Å². The van der Waals surface area contributed by atoms with E-state index in [-0.39, 0.29) is 17.9 Å². The molecule has 0 saturated carbocycles. The van der Waals surface area contributed by atoms with Gasteiger partial charge in [-0.3, -0.25) is 14.5 Å². The number of halogens is 1. The van der Waals surface area contributed by atoms with E-state index in [0.29, 0.717) is 41.6 Å². The SMILES string of the molecule is COC(=O)CCC[C@@H]1[C@H]2CCCN3CCC[C@@H](CN1C(=O)c1cc4ccc(Cl)cc4n1Cc1ccc(OC)cc1)[C@@H]23. The van der Waals surface area contributed by atoms with Crippen LogP contribution in [-0.4, -0.2) is 72.2 Å². The van der Waals surface area contributed by atoms with Crippen LogP contribution in [0.4, 0.5) is 0 Å². The van der Waals surface area contributed by atoms with Crippen LogP contribution in [0.2, 0.25) is 5.02 Å². The summed E-state index contributed by atoms with van der Waals surface area (Å²) in [4.78, 5) is 31.6. The van der Waals surface area contributed by atoms with Crippen LogP contribution in [0.15, 0.2) is 48.5 Å². The van der Waals surface area contributed by atoms with Gasteiger partial charge >= 0.3 is 5.97 Å². The number of methoxy groups -OCH3 is 2. The molecule has 0 unspecified atom stereocenters. The van der Waals surface area contributed by atoms with E-state index in [1.54, 1.807) is 7.11 Å². The second-order valence-corrected chi connectivity index (χ2v) is 12.3. The lowest BCUT2D eigenvalue weighted by Gasteiger charge is -2.57. The molecule has 7 nitrogen and oxygen atoms in total. The maximum atomic E-state index is 14.7. The predicted molar refractivity (Wildman–Crippen MR) is 161 cm³/mol. The zero-order chi connectivity index (χ0) is 28.5. The molecule has 218 valence electrons. The maximum absolute atomic E-state index is 14.7. The Morgan fingerprint density at radius 3 is 2.54 bits per heavy atom. The fraction of sp³-hybridized carbons (Fsp3) is 0.515. The van der Waals surface area contributed by atoms with Gasteiger partial charge in [-0.05, 0) is 99.3 Å². The van der Waals surface area contributed by atoms with Gasteiger partial charge in [-0.2, -0.15) is 0 Å². The number of fused-ring (bicyclic) bond motifs is 1. The summed E-state index contributed by atoms with van der Waals surface area (Å²) in [5.41, 5.74) is 2.73. The highest BCUT2D eigenvalue weighted by molar-refractivity contribution is 6.31. The van der Waals surface area contributed by atoms with E-state index in [2.05, 4.69) is 14.4 Å². The van der Waals surface area contributed by atoms with Crippen LogP contribution in [0.5, 0.6) is 5.75 Å². The summed E-state index contributed by atoms with van der Waals surface area (Å²) < 4.78 is 12.4. The number of carbonyl (C=O) groups is 2. The van der Waals surface area contributed by atoms with Crippen molar-refractivity contribution in [2.24, 2.45) is 11.8 Å². The monoisotopic (exact) mass is 577 g/mol. The molecule has 41 heavy (non-hydrogen) atoms. The minimum atomic E-state index is -0.184. The van der Waals surface area contributed by atoms with Crippen molar-refractivity contribution in [2.45, 2.75) is 63.6 Å². The first-order chi connectivity index (χ1) is 20.0. The normalized spacial score (nSPS) is 24.2. The quantitative estimate of drug-likeness (QED) is 0.307. The van der Waals surface area contributed by atoms with Crippen LogP contribution in [-0.2, 0) is 16.1 Å². The van der Waals surface area contributed by atoms with Gasteiger partial charge in [-0.15, -0.1) is 0 Å². The van der Waals surface area contributed by atoms with Crippen molar-refractivity contribution >= 4 is 34.4 Å². The lowest BCUT2D eigenvalue weighted by molar-refractivity contribution is -0.140. The van der Waals surface area contributed by atoms with Crippen molar-refractivity contribution in [3.05, 3.63) is 64.8 Å². The number of hydrogen-bond donors (Lipinski definition) is 0. The van der Waals surface area contributed by atoms with E-state index in [1.165, 1.54) is 26.4 Å². The molecule has 0 aliphatic carbocycles. The third-order valence-electron chi connectivity index (χ3n) is 9.63. The van der Waals surface area contributed by atoms with Crippen LogP contribution in [0.3, 0.4) is 0 Å². The number of hydrogen-bond acceptors (Lipinski definition) is 5. The van der Waals surface area contributed by atoms with E-state index in [4.69, 9.17) is 21.1 Å². The second kappa shape index (κ2) is 12.1. The Hall–Kier alpha value is -3.03. The highest BCUT2D eigenvalue weighted by Crippen LogP contribution is 2.44. The summed E-state index contributed by atoms with van der Waals surface area (Å²) in [6.07, 6.45) is 6.58. The number of ether oxygens (including phenoxy) is 2. The molecule has 1 aromatic heterocycles. The Morgan fingerprint density at radius 1 is 1.00 bits per heavy atom. The highest BCUT2D eigenvalue weighted by atomic mass is 35.5. The van der Waals surface area contributed by atoms with Crippen LogP contribution in [0.1, 0.15) is 61.0 Å². The average molecular weight is 578 g/mol. The number of amides is 1. The van der Waals surface area contributed by atoms with Crippen molar-refractivity contribution in [2.75, 3.05) is 33.9 Å². The van der Waals surface area contributed by atoms with Gasteiger partial charge in [0.15, 0.2) is 0 Å². The molecule has 4 heterocycles. The summed E-state index contributed by atoms with van der Waals surface area (Å²) >= 11 is 6.46. The molecule has 3 saturated heterocycles. The van der Waals surface area contributed by atoms with Crippen molar-refractivity contribution in [3.63, 3.8) is 0 Å². The van der Waals surface area contributed by atoms with Gasteiger partial charge in [0.1, 0.15) is 11.4 Å². The summed E-state index contributed by atoms with van der Waals surface area (Å²) in [5, 5.41) is 1.65. The van der Waals surface area contributed by atoms with Crippen molar-refractivity contribution in [1.82, 2.24) is 14.4 Å². The van der Waals surface area contributed by atoms with Crippen LogP contribution in [0, 0.1) is 11.8 Å². The predicted octanol–water partition coefficient (Wildman–Crippen LogP) is 6.01. The number of esters is 1. The Balaban J connectivity index is 1.37. The minimum absolute atomic E-state index is 0.0787. The average Bonchev–Trinajstić information content (AvgIpc) is 3.35. The molecule has 8 heteroatoms. The first-order valence-corrected chi connectivity index (χ1v) is 15.4. The Bertz CT molecular complexity index is 1400. The Labute approximate surface area is 247 Å². The van der Waals surface area contributed by atoms with Gasteiger partial charge in [0.05, 0.1) is 19.7 Å². The molecule has 6 rings (SSSR count). The van der Waals surface area contributed by atoms with E-state index < -0.39 is 0 Å². The first kappa shape index (κ1) is 28.1. The van der Waals surface area contributed by atoms with Gasteiger partial charge in [-0.25, -0.2) is 0 Å². The molecular formula is C33H40ClN3O4. The standard InChI is InChI=1S/C33H40ClN3O4/c1-40-26-14-10-22(11-15-26)20-36-29-19-25(34)13-12-23(29)18-30(36)33(39)37-21-24-6-4-16-35-17-5-7-27(32(24)35)28(37)8-3-9-31(38)41-2/h10-15,18-19,24,27-28,32H,3-9,16-17,20-21H2,1-2H3/t24-,27+,28+,32-/m0/s1. The molecule has 0 spiro atoms. The van der Waals surface area contributed by atoms with Crippen LogP contribution < -0.4 is 4.74 Å². The lowest BCUT2D eigenvalue weighted by Crippen LogP contribution is -2.65. The molecule has 2 aromatic carbocycles. The molecule has 0 N–H and O–H groups in total. The topological polar surface area (TPSA) is 64.0 Å². The van der Waals surface area contributed by atoms with Crippen molar-refractivity contribution in [1.29, 1.82) is 0 Å². The number of nitrogens with zero attached hydrogens (tertiary/aromatic N) is 3. The number of aromatic nitrogens is 1. The van der Waals surface area contributed by atoms with Crippen LogP contribution in [0.25, 0.3) is 10.9 Å². The molecule has 0 bridgehead atoms. The number of rotatable bonds is 8. The zero-order valence-corrected chi connectivity index (χ0v) is 24.8. The smallest absolute Gasteiger partial charge is 0.305 e. The third-order valence-corrected chi connectivity index (χ3v) is 9.86. The minimum Gasteiger partial charge on any atom is -0.497 e. The summed E-state index contributed by atoms with van der Waals surface area (Å²) in [6.45, 7) is 3.65. The molecule has 3 aliphatic rings. The fourth-order valence-electron chi connectivity index (χ4n) is 7.79. The van der Waals surface area contributed by atoms with E-state index in [9.17, 15) is 9.59 Å². The molecule has 3 aromatic rings. The molecule has 0 radical (unpaired) electrons. The van der Waals surface area contributed by atoms with E-state index in [0.717, 1.165) is 61.1 Å². The summed E-state index contributed by atoms with van der Waals surface area (Å²) in [5.74, 6) is 1.62. The number of likely N-dealkylation sites (tertiary alicyclic amines) is 1. The molecule has 4 atom stereocenters. The van der Waals surface area contributed by atoms with Gasteiger partial charge in [0.25, 0.3) is 5.91 Å². The number of carbonyl (C=O) groups excluding carboxylic acids is 2. The van der Waals surface area contributed by atoms with Crippen molar-refractivity contribution < 1.29 is 19.1 Å². The van der Waals surface area contributed by atoms with Gasteiger partial charge in [0, 0.05) is 42.0 Å². The highest BCUT2D eigenvalue weighted by Gasteiger charge is 2.49. The van der Waals surface area contributed by atoms with Gasteiger partial charge in [0.2, 0.25) is 0 Å².